The largest absolute Gasteiger partial charge is 0.477 e. The van der Waals surface area contributed by atoms with Crippen LogP contribution in [-0.4, -0.2) is 24.9 Å². The average Bonchev–Trinajstić information content (AvgIpc) is 2.76. The standard InChI is InChI=1S/C24H21F3N2O2/c1-29-16-28-23(21-4-2-3-5-22(21)29)30-15-14-17-6-10-19(11-7-17)31-20-12-8-18(9-13-20)24(25,26)27/h2-3,5-13,16H,4,14-15H2,1H3. The number of benzene rings is 2. The van der Waals surface area contributed by atoms with Crippen LogP contribution in [0.4, 0.5) is 13.2 Å². The van der Waals surface area contributed by atoms with Gasteiger partial charge in [-0.3, -0.25) is 0 Å². The summed E-state index contributed by atoms with van der Waals surface area (Å²) in [6.45, 7) is 0.482. The molecule has 1 heterocycles. The maximum atomic E-state index is 12.6. The zero-order chi connectivity index (χ0) is 21.8. The third kappa shape index (κ3) is 4.99. The molecule has 2 aromatic rings. The van der Waals surface area contributed by atoms with Gasteiger partial charge in [0.05, 0.1) is 24.2 Å². The van der Waals surface area contributed by atoms with E-state index in [2.05, 4.69) is 11.1 Å². The van der Waals surface area contributed by atoms with Gasteiger partial charge < -0.3 is 14.4 Å². The van der Waals surface area contributed by atoms with Crippen molar-refractivity contribution in [1.29, 1.82) is 0 Å². The minimum atomic E-state index is -4.36. The highest BCUT2D eigenvalue weighted by atomic mass is 19.4. The molecule has 7 heteroatoms. The first-order valence-corrected chi connectivity index (χ1v) is 9.84. The molecule has 160 valence electrons. The number of likely N-dealkylation sites (N-methyl/N-ethyl adjacent to an activating group) is 1. The van der Waals surface area contributed by atoms with Crippen LogP contribution in [0.3, 0.4) is 0 Å². The number of hydrogen-bond donors (Lipinski definition) is 0. The summed E-state index contributed by atoms with van der Waals surface area (Å²) in [6.07, 6.45) is 5.02. The molecular formula is C24H21F3N2O2. The first kappa shape index (κ1) is 20.8. The molecule has 0 unspecified atom stereocenters. The van der Waals surface area contributed by atoms with Gasteiger partial charge in [0, 0.05) is 19.0 Å². The Morgan fingerprint density at radius 1 is 1.00 bits per heavy atom. The van der Waals surface area contributed by atoms with E-state index in [-0.39, 0.29) is 0 Å². The molecule has 0 radical (unpaired) electrons. The average molecular weight is 426 g/mol. The number of ether oxygens (including phenoxy) is 2. The van der Waals surface area contributed by atoms with E-state index in [9.17, 15) is 13.2 Å². The molecule has 1 aliphatic carbocycles. The van der Waals surface area contributed by atoms with Crippen LogP contribution in [0.25, 0.3) is 0 Å². The van der Waals surface area contributed by atoms with E-state index >= 15 is 0 Å². The predicted molar refractivity (Wildman–Crippen MR) is 113 cm³/mol. The van der Waals surface area contributed by atoms with E-state index in [1.165, 1.54) is 12.1 Å². The topological polar surface area (TPSA) is 34.1 Å². The molecule has 0 atom stereocenters. The molecular weight excluding hydrogens is 405 g/mol. The predicted octanol–water partition coefficient (Wildman–Crippen LogP) is 6.09. The molecule has 2 aromatic carbocycles. The molecule has 4 rings (SSSR count). The Morgan fingerprint density at radius 3 is 2.35 bits per heavy atom. The second-order valence-corrected chi connectivity index (χ2v) is 7.19. The summed E-state index contributed by atoms with van der Waals surface area (Å²) in [4.78, 5) is 6.37. The SMILES string of the molecule is CN1C=NC(OCCc2ccc(Oc3ccc(C(F)(F)F)cc3)cc2)=C2CC=CC=C21. The lowest BCUT2D eigenvalue weighted by Gasteiger charge is -2.26. The van der Waals surface area contributed by atoms with E-state index in [1.807, 2.05) is 36.2 Å². The zero-order valence-corrected chi connectivity index (χ0v) is 16.9. The number of nitrogens with zero attached hydrogens (tertiary/aromatic N) is 2. The smallest absolute Gasteiger partial charge is 0.416 e. The summed E-state index contributed by atoms with van der Waals surface area (Å²) < 4.78 is 49.5. The molecule has 4 nitrogen and oxygen atoms in total. The highest BCUT2D eigenvalue weighted by Crippen LogP contribution is 2.32. The number of alkyl halides is 3. The van der Waals surface area contributed by atoms with Crippen molar-refractivity contribution in [2.24, 2.45) is 4.99 Å². The minimum absolute atomic E-state index is 0.350. The molecule has 0 saturated heterocycles. The number of aliphatic imine (C=N–C) groups is 1. The van der Waals surface area contributed by atoms with Crippen molar-refractivity contribution < 1.29 is 22.6 Å². The van der Waals surface area contributed by atoms with Crippen LogP contribution in [0.15, 0.2) is 88.9 Å². The molecule has 0 bridgehead atoms. The highest BCUT2D eigenvalue weighted by Gasteiger charge is 2.30. The quantitative estimate of drug-likeness (QED) is 0.561. The van der Waals surface area contributed by atoms with Crippen LogP contribution in [0.1, 0.15) is 17.5 Å². The van der Waals surface area contributed by atoms with E-state index in [0.29, 0.717) is 30.4 Å². The summed E-state index contributed by atoms with van der Waals surface area (Å²) in [7, 11) is 1.96. The molecule has 1 aliphatic heterocycles. The van der Waals surface area contributed by atoms with Gasteiger partial charge in [-0.25, -0.2) is 4.99 Å². The second kappa shape index (κ2) is 8.71. The van der Waals surface area contributed by atoms with Crippen molar-refractivity contribution in [2.45, 2.75) is 19.0 Å². The number of hydrogen-bond acceptors (Lipinski definition) is 4. The summed E-state index contributed by atoms with van der Waals surface area (Å²) in [5.41, 5.74) is 2.53. The Bertz CT molecular complexity index is 1050. The van der Waals surface area contributed by atoms with Crippen molar-refractivity contribution in [3.05, 3.63) is 95.0 Å². The van der Waals surface area contributed by atoms with Crippen LogP contribution >= 0.6 is 0 Å². The molecule has 0 N–H and O–H groups in total. The van der Waals surface area contributed by atoms with E-state index in [1.54, 1.807) is 18.5 Å². The van der Waals surface area contributed by atoms with Gasteiger partial charge in [-0.05, 0) is 54.5 Å². The molecule has 31 heavy (non-hydrogen) atoms. The van der Waals surface area contributed by atoms with Gasteiger partial charge in [-0.15, -0.1) is 0 Å². The molecule has 0 amide bonds. The maximum Gasteiger partial charge on any atom is 0.416 e. The van der Waals surface area contributed by atoms with Crippen LogP contribution < -0.4 is 4.74 Å². The monoisotopic (exact) mass is 426 g/mol. The van der Waals surface area contributed by atoms with Gasteiger partial charge in [-0.1, -0.05) is 24.3 Å². The van der Waals surface area contributed by atoms with Crippen molar-refractivity contribution >= 4 is 6.34 Å². The van der Waals surface area contributed by atoms with Gasteiger partial charge in [0.25, 0.3) is 0 Å². The Hall–Kier alpha value is -3.48. The van der Waals surface area contributed by atoms with Crippen molar-refractivity contribution in [3.63, 3.8) is 0 Å². The maximum absolute atomic E-state index is 12.6. The normalized spacial score (nSPS) is 15.6. The Kier molecular flexibility index (Phi) is 5.84. The Morgan fingerprint density at radius 2 is 1.68 bits per heavy atom. The Balaban J connectivity index is 1.32. The number of halogens is 3. The molecule has 0 saturated carbocycles. The van der Waals surface area contributed by atoms with Gasteiger partial charge in [0.1, 0.15) is 11.5 Å². The fourth-order valence-electron chi connectivity index (χ4n) is 3.32. The fraction of sp³-hybridized carbons (Fsp3) is 0.208. The molecule has 0 aromatic heterocycles. The summed E-state index contributed by atoms with van der Waals surface area (Å²) in [5.74, 6) is 1.55. The molecule has 0 fully saturated rings. The Labute approximate surface area is 178 Å². The van der Waals surface area contributed by atoms with Crippen LogP contribution in [0, 0.1) is 0 Å². The fourth-order valence-corrected chi connectivity index (χ4v) is 3.32. The van der Waals surface area contributed by atoms with Crippen LogP contribution in [0.2, 0.25) is 0 Å². The van der Waals surface area contributed by atoms with Crippen molar-refractivity contribution in [3.8, 4) is 11.5 Å². The highest BCUT2D eigenvalue weighted by molar-refractivity contribution is 5.65. The molecule has 0 spiro atoms. The number of rotatable bonds is 6. The summed E-state index contributed by atoms with van der Waals surface area (Å²) in [6, 6.07) is 12.0. The third-order valence-electron chi connectivity index (χ3n) is 4.98. The zero-order valence-electron chi connectivity index (χ0n) is 16.9. The second-order valence-electron chi connectivity index (χ2n) is 7.19. The van der Waals surface area contributed by atoms with Gasteiger partial charge in [-0.2, -0.15) is 13.2 Å². The first-order valence-electron chi connectivity index (χ1n) is 9.84. The minimum Gasteiger partial charge on any atom is -0.477 e. The van der Waals surface area contributed by atoms with Crippen LogP contribution in [0.5, 0.6) is 11.5 Å². The van der Waals surface area contributed by atoms with Crippen molar-refractivity contribution in [1.82, 2.24) is 4.90 Å². The van der Waals surface area contributed by atoms with Gasteiger partial charge >= 0.3 is 6.18 Å². The summed E-state index contributed by atoms with van der Waals surface area (Å²) in [5, 5.41) is 0. The van der Waals surface area contributed by atoms with E-state index in [4.69, 9.17) is 9.47 Å². The van der Waals surface area contributed by atoms with E-state index < -0.39 is 11.7 Å². The number of fused-ring (bicyclic) bond motifs is 1. The van der Waals surface area contributed by atoms with Gasteiger partial charge in [0.15, 0.2) is 0 Å². The summed E-state index contributed by atoms with van der Waals surface area (Å²) >= 11 is 0. The van der Waals surface area contributed by atoms with Crippen LogP contribution in [-0.2, 0) is 17.3 Å². The number of allylic oxidation sites excluding steroid dienone is 4. The lowest BCUT2D eigenvalue weighted by molar-refractivity contribution is -0.137. The van der Waals surface area contributed by atoms with Gasteiger partial charge in [0.2, 0.25) is 5.88 Å². The lowest BCUT2D eigenvalue weighted by Crippen LogP contribution is -2.23. The molecule has 2 aliphatic rings. The van der Waals surface area contributed by atoms with E-state index in [0.717, 1.165) is 35.4 Å². The third-order valence-corrected chi connectivity index (χ3v) is 4.98. The van der Waals surface area contributed by atoms with Crippen molar-refractivity contribution in [2.75, 3.05) is 13.7 Å². The first-order chi connectivity index (χ1) is 14.9. The lowest BCUT2D eigenvalue weighted by atomic mass is 10.0.